The second-order valence-electron chi connectivity index (χ2n) is 6.23. The standard InChI is InChI=1S/C19H21N5O2/c1-23(2)13-14-8-10-15(11-9-14)21-19(26)18-20-12-17(25)24(22-18)16-6-4-3-5-7-16/h3-11H,12-13H2,1-2H3,(H,20,22)(H,21,26). The highest BCUT2D eigenvalue weighted by molar-refractivity contribution is 6.43. The van der Waals surface area contributed by atoms with E-state index in [-0.39, 0.29) is 18.3 Å². The minimum Gasteiger partial charge on any atom is -0.319 e. The zero-order valence-corrected chi connectivity index (χ0v) is 14.8. The number of hydrazine groups is 1. The Morgan fingerprint density at radius 3 is 2.50 bits per heavy atom. The Hall–Kier alpha value is -3.19. The van der Waals surface area contributed by atoms with Crippen LogP contribution in [0.4, 0.5) is 11.4 Å². The molecule has 2 aromatic rings. The molecule has 0 aliphatic carbocycles. The molecule has 2 amide bonds. The number of aliphatic imine (C=N–C) groups is 1. The fraction of sp³-hybridized carbons (Fsp3) is 0.211. The highest BCUT2D eigenvalue weighted by atomic mass is 16.2. The molecule has 2 aromatic carbocycles. The van der Waals surface area contributed by atoms with Crippen LogP contribution >= 0.6 is 0 Å². The number of carbonyl (C=O) groups excluding carboxylic acids is 2. The van der Waals surface area contributed by atoms with Crippen LogP contribution in [0.1, 0.15) is 5.56 Å². The van der Waals surface area contributed by atoms with Crippen LogP contribution in [-0.2, 0) is 16.1 Å². The lowest BCUT2D eigenvalue weighted by Gasteiger charge is -2.27. The number of anilines is 2. The number of hydrogen-bond donors (Lipinski definition) is 2. The van der Waals surface area contributed by atoms with E-state index in [1.54, 1.807) is 12.1 Å². The van der Waals surface area contributed by atoms with Gasteiger partial charge in [0.05, 0.1) is 5.69 Å². The van der Waals surface area contributed by atoms with Crippen molar-refractivity contribution < 1.29 is 9.59 Å². The van der Waals surface area contributed by atoms with Crippen LogP contribution in [0.15, 0.2) is 59.6 Å². The minimum absolute atomic E-state index is 0.0770. The third-order valence-electron chi connectivity index (χ3n) is 3.78. The summed E-state index contributed by atoms with van der Waals surface area (Å²) in [5.41, 5.74) is 5.28. The van der Waals surface area contributed by atoms with Crippen molar-refractivity contribution in [1.29, 1.82) is 0 Å². The highest BCUT2D eigenvalue weighted by Crippen LogP contribution is 2.14. The molecule has 7 heteroatoms. The largest absolute Gasteiger partial charge is 0.319 e. The van der Waals surface area contributed by atoms with Gasteiger partial charge >= 0.3 is 0 Å². The molecule has 2 N–H and O–H groups in total. The molecule has 0 atom stereocenters. The fourth-order valence-corrected chi connectivity index (χ4v) is 2.58. The number of carbonyl (C=O) groups is 2. The number of nitrogens with zero attached hydrogens (tertiary/aromatic N) is 3. The molecule has 1 heterocycles. The summed E-state index contributed by atoms with van der Waals surface area (Å²) in [6, 6.07) is 16.7. The van der Waals surface area contributed by atoms with Crippen LogP contribution in [0.2, 0.25) is 0 Å². The van der Waals surface area contributed by atoms with Crippen molar-refractivity contribution in [3.63, 3.8) is 0 Å². The Balaban J connectivity index is 1.67. The molecule has 7 nitrogen and oxygen atoms in total. The van der Waals surface area contributed by atoms with Gasteiger partial charge in [0.2, 0.25) is 5.84 Å². The first kappa shape index (κ1) is 17.6. The average molecular weight is 351 g/mol. The maximum atomic E-state index is 12.5. The molecule has 0 bridgehead atoms. The molecule has 0 fully saturated rings. The highest BCUT2D eigenvalue weighted by Gasteiger charge is 2.25. The molecule has 1 aliphatic heterocycles. The Morgan fingerprint density at radius 2 is 1.85 bits per heavy atom. The molecular formula is C19H21N5O2. The summed E-state index contributed by atoms with van der Waals surface area (Å²) in [7, 11) is 4.00. The van der Waals surface area contributed by atoms with E-state index in [0.29, 0.717) is 11.4 Å². The molecule has 0 spiro atoms. The Morgan fingerprint density at radius 1 is 1.15 bits per heavy atom. The number of hydrogen-bond acceptors (Lipinski definition) is 5. The van der Waals surface area contributed by atoms with Crippen LogP contribution < -0.4 is 15.8 Å². The number of rotatable bonds is 5. The van der Waals surface area contributed by atoms with E-state index in [1.165, 1.54) is 5.01 Å². The van der Waals surface area contributed by atoms with Crippen LogP contribution in [0, 0.1) is 0 Å². The number of amides is 2. The zero-order chi connectivity index (χ0) is 18.5. The summed E-state index contributed by atoms with van der Waals surface area (Å²) in [4.78, 5) is 30.6. The second kappa shape index (κ2) is 7.79. The van der Waals surface area contributed by atoms with Crippen LogP contribution in [-0.4, -0.2) is 43.2 Å². The van der Waals surface area contributed by atoms with Gasteiger partial charge in [0.15, 0.2) is 0 Å². The van der Waals surface area contributed by atoms with Gasteiger partial charge in [-0.2, -0.15) is 0 Å². The molecule has 1 aliphatic rings. The smallest absolute Gasteiger partial charge is 0.292 e. The Bertz CT molecular complexity index is 816. The minimum atomic E-state index is -0.390. The maximum absolute atomic E-state index is 12.5. The monoisotopic (exact) mass is 351 g/mol. The van der Waals surface area contributed by atoms with Crippen molar-refractivity contribution in [2.24, 2.45) is 4.99 Å². The number of para-hydroxylation sites is 1. The summed E-state index contributed by atoms with van der Waals surface area (Å²) in [5, 5.41) is 4.13. The van der Waals surface area contributed by atoms with Gasteiger partial charge in [-0.15, -0.1) is 0 Å². The summed E-state index contributed by atoms with van der Waals surface area (Å²) in [6.07, 6.45) is 0. The van der Waals surface area contributed by atoms with E-state index >= 15 is 0 Å². The first-order valence-electron chi connectivity index (χ1n) is 8.27. The van der Waals surface area contributed by atoms with Gasteiger partial charge in [0, 0.05) is 12.2 Å². The molecule has 0 unspecified atom stereocenters. The van der Waals surface area contributed by atoms with Crippen molar-refractivity contribution in [3.8, 4) is 0 Å². The van der Waals surface area contributed by atoms with E-state index in [4.69, 9.17) is 0 Å². The van der Waals surface area contributed by atoms with E-state index in [2.05, 4.69) is 20.6 Å². The second-order valence-corrected chi connectivity index (χ2v) is 6.23. The van der Waals surface area contributed by atoms with Gasteiger partial charge in [0.1, 0.15) is 6.54 Å². The SMILES string of the molecule is CN(C)Cc1ccc(NC(=O)C2=NCC(=O)N(c3ccccc3)N2)cc1. The van der Waals surface area contributed by atoms with Gasteiger partial charge < -0.3 is 10.2 Å². The van der Waals surface area contributed by atoms with E-state index in [9.17, 15) is 9.59 Å². The number of benzene rings is 2. The predicted molar refractivity (Wildman–Crippen MR) is 102 cm³/mol. The zero-order valence-electron chi connectivity index (χ0n) is 14.8. The molecule has 134 valence electrons. The maximum Gasteiger partial charge on any atom is 0.292 e. The predicted octanol–water partition coefficient (Wildman–Crippen LogP) is 1.64. The van der Waals surface area contributed by atoms with Crippen molar-refractivity contribution in [2.45, 2.75) is 6.54 Å². The molecule has 26 heavy (non-hydrogen) atoms. The average Bonchev–Trinajstić information content (AvgIpc) is 2.64. The lowest BCUT2D eigenvalue weighted by molar-refractivity contribution is -0.118. The quantitative estimate of drug-likeness (QED) is 0.858. The van der Waals surface area contributed by atoms with Crippen molar-refractivity contribution in [1.82, 2.24) is 10.3 Å². The first-order chi connectivity index (χ1) is 12.5. The number of amidine groups is 1. The van der Waals surface area contributed by atoms with Gasteiger partial charge in [-0.1, -0.05) is 30.3 Å². The van der Waals surface area contributed by atoms with Crippen LogP contribution in [0.25, 0.3) is 0 Å². The van der Waals surface area contributed by atoms with E-state index in [1.807, 2.05) is 56.6 Å². The van der Waals surface area contributed by atoms with Crippen molar-refractivity contribution >= 4 is 29.0 Å². The fourth-order valence-electron chi connectivity index (χ4n) is 2.58. The van der Waals surface area contributed by atoms with Gasteiger partial charge in [-0.25, -0.2) is 5.01 Å². The lowest BCUT2D eigenvalue weighted by atomic mass is 10.2. The third kappa shape index (κ3) is 4.25. The summed E-state index contributed by atoms with van der Waals surface area (Å²) >= 11 is 0. The number of nitrogens with one attached hydrogen (secondary N) is 2. The topological polar surface area (TPSA) is 77.0 Å². The van der Waals surface area contributed by atoms with Crippen LogP contribution in [0.3, 0.4) is 0 Å². The summed E-state index contributed by atoms with van der Waals surface area (Å²) < 4.78 is 0. The Labute approximate surface area is 152 Å². The normalized spacial score (nSPS) is 14.0. The van der Waals surface area contributed by atoms with Crippen molar-refractivity contribution in [3.05, 3.63) is 60.2 Å². The van der Waals surface area contributed by atoms with E-state index in [0.717, 1.165) is 12.1 Å². The first-order valence-corrected chi connectivity index (χ1v) is 8.27. The molecule has 0 saturated carbocycles. The molecular weight excluding hydrogens is 330 g/mol. The molecule has 0 radical (unpaired) electrons. The van der Waals surface area contributed by atoms with Gasteiger partial charge in [-0.05, 0) is 43.9 Å². The van der Waals surface area contributed by atoms with Gasteiger partial charge in [0.25, 0.3) is 11.8 Å². The molecule has 0 saturated heterocycles. The van der Waals surface area contributed by atoms with Crippen LogP contribution in [0.5, 0.6) is 0 Å². The van der Waals surface area contributed by atoms with Crippen molar-refractivity contribution in [2.75, 3.05) is 31.0 Å². The summed E-state index contributed by atoms with van der Waals surface area (Å²) in [5.74, 6) is -0.509. The third-order valence-corrected chi connectivity index (χ3v) is 3.78. The Kier molecular flexibility index (Phi) is 5.28. The molecule has 3 rings (SSSR count). The van der Waals surface area contributed by atoms with E-state index < -0.39 is 5.91 Å². The lowest BCUT2D eigenvalue weighted by Crippen LogP contribution is -2.54. The molecule has 0 aromatic heterocycles. The summed E-state index contributed by atoms with van der Waals surface area (Å²) in [6.45, 7) is 0.753. The van der Waals surface area contributed by atoms with Gasteiger partial charge in [-0.3, -0.25) is 20.0 Å².